The summed E-state index contributed by atoms with van der Waals surface area (Å²) < 4.78 is 32.8. The minimum atomic E-state index is -3.48. The monoisotopic (exact) mass is 318 g/mol. The van der Waals surface area contributed by atoms with E-state index in [9.17, 15) is 8.42 Å². The molecule has 0 aliphatic heterocycles. The summed E-state index contributed by atoms with van der Waals surface area (Å²) in [5, 5.41) is 7.35. The van der Waals surface area contributed by atoms with Gasteiger partial charge in [0.1, 0.15) is 4.90 Å². The van der Waals surface area contributed by atoms with Crippen LogP contribution in [0.15, 0.2) is 17.3 Å². The lowest BCUT2D eigenvalue weighted by Crippen LogP contribution is -2.30. The molecule has 1 rings (SSSR count). The van der Waals surface area contributed by atoms with Crippen molar-refractivity contribution in [3.8, 4) is 0 Å². The number of hydrogen-bond donors (Lipinski definition) is 1. The van der Waals surface area contributed by atoms with Gasteiger partial charge >= 0.3 is 0 Å². The molecule has 122 valence electrons. The van der Waals surface area contributed by atoms with Crippen molar-refractivity contribution in [2.75, 3.05) is 39.9 Å². The van der Waals surface area contributed by atoms with Crippen LogP contribution in [-0.2, 0) is 21.3 Å². The van der Waals surface area contributed by atoms with E-state index in [0.717, 1.165) is 19.5 Å². The highest BCUT2D eigenvalue weighted by atomic mass is 32.2. The van der Waals surface area contributed by atoms with Gasteiger partial charge in [-0.15, -0.1) is 0 Å². The quantitative estimate of drug-likeness (QED) is 0.603. The van der Waals surface area contributed by atoms with Gasteiger partial charge in [-0.2, -0.15) is 9.40 Å². The summed E-state index contributed by atoms with van der Waals surface area (Å²) in [6, 6.07) is 0. The topological polar surface area (TPSA) is 76.5 Å². The number of rotatable bonds is 11. The maximum Gasteiger partial charge on any atom is 0.246 e. The third-order valence-electron chi connectivity index (χ3n) is 3.02. The van der Waals surface area contributed by atoms with Crippen molar-refractivity contribution in [2.24, 2.45) is 0 Å². The van der Waals surface area contributed by atoms with E-state index in [4.69, 9.17) is 4.74 Å². The van der Waals surface area contributed by atoms with E-state index in [-0.39, 0.29) is 4.90 Å². The number of hydrogen-bond acceptors (Lipinski definition) is 5. The molecule has 0 saturated carbocycles. The maximum absolute atomic E-state index is 12.3. The first-order valence-electron chi connectivity index (χ1n) is 7.29. The maximum atomic E-state index is 12.3. The Morgan fingerprint density at radius 3 is 2.81 bits per heavy atom. The van der Waals surface area contributed by atoms with Crippen molar-refractivity contribution in [3.05, 3.63) is 12.4 Å². The zero-order chi connectivity index (χ0) is 15.7. The standard InChI is InChI=1S/C13H26N4O3S/c1-4-6-14-7-8-17-12-13(11-15-17)21(18,19)16(3)9-10-20-5-2/h11-12,14H,4-10H2,1-3H3. The Balaban J connectivity index is 2.56. The number of sulfonamides is 1. The predicted molar refractivity (Wildman–Crippen MR) is 81.7 cm³/mol. The van der Waals surface area contributed by atoms with Crippen molar-refractivity contribution in [2.45, 2.75) is 31.7 Å². The molecule has 1 aromatic rings. The smallest absolute Gasteiger partial charge is 0.246 e. The molecule has 0 unspecified atom stereocenters. The van der Waals surface area contributed by atoms with Gasteiger partial charge in [0.2, 0.25) is 10.0 Å². The Morgan fingerprint density at radius 1 is 1.38 bits per heavy atom. The van der Waals surface area contributed by atoms with Crippen LogP contribution in [0.5, 0.6) is 0 Å². The summed E-state index contributed by atoms with van der Waals surface area (Å²) in [5.74, 6) is 0. The molecule has 0 fully saturated rings. The fourth-order valence-electron chi connectivity index (χ4n) is 1.73. The molecule has 21 heavy (non-hydrogen) atoms. The SMILES string of the molecule is CCCNCCn1cc(S(=O)(=O)N(C)CCOCC)cn1. The van der Waals surface area contributed by atoms with Gasteiger partial charge in [-0.05, 0) is 19.9 Å². The number of nitrogens with zero attached hydrogens (tertiary/aromatic N) is 3. The highest BCUT2D eigenvalue weighted by Gasteiger charge is 2.22. The normalized spacial score (nSPS) is 12.2. The second-order valence-corrected chi connectivity index (χ2v) is 6.76. The van der Waals surface area contributed by atoms with Crippen molar-refractivity contribution in [3.63, 3.8) is 0 Å². The van der Waals surface area contributed by atoms with Gasteiger partial charge in [-0.25, -0.2) is 8.42 Å². The van der Waals surface area contributed by atoms with Crippen LogP contribution >= 0.6 is 0 Å². The largest absolute Gasteiger partial charge is 0.380 e. The average Bonchev–Trinajstić information content (AvgIpc) is 2.93. The van der Waals surface area contributed by atoms with Gasteiger partial charge in [0.25, 0.3) is 0 Å². The highest BCUT2D eigenvalue weighted by molar-refractivity contribution is 7.89. The molecule has 8 heteroatoms. The molecule has 0 saturated heterocycles. The summed E-state index contributed by atoms with van der Waals surface area (Å²) in [4.78, 5) is 0.219. The lowest BCUT2D eigenvalue weighted by atomic mass is 10.5. The Bertz CT molecular complexity index is 501. The van der Waals surface area contributed by atoms with E-state index in [1.165, 1.54) is 10.5 Å². The Hall–Kier alpha value is -0.960. The third-order valence-corrected chi connectivity index (χ3v) is 4.83. The van der Waals surface area contributed by atoms with Gasteiger partial charge in [0.15, 0.2) is 0 Å². The highest BCUT2D eigenvalue weighted by Crippen LogP contribution is 2.12. The molecule has 1 aromatic heterocycles. The van der Waals surface area contributed by atoms with Crippen molar-refractivity contribution >= 4 is 10.0 Å². The van der Waals surface area contributed by atoms with Crippen molar-refractivity contribution < 1.29 is 13.2 Å². The van der Waals surface area contributed by atoms with Crippen LogP contribution in [0.4, 0.5) is 0 Å². The predicted octanol–water partition coefficient (Wildman–Crippen LogP) is 0.540. The lowest BCUT2D eigenvalue weighted by Gasteiger charge is -2.15. The Morgan fingerprint density at radius 2 is 2.14 bits per heavy atom. The number of aromatic nitrogens is 2. The Kier molecular flexibility index (Phi) is 7.87. The molecule has 0 aliphatic rings. The van der Waals surface area contributed by atoms with Gasteiger partial charge in [-0.3, -0.25) is 4.68 Å². The van der Waals surface area contributed by atoms with Crippen molar-refractivity contribution in [1.82, 2.24) is 19.4 Å². The van der Waals surface area contributed by atoms with Crippen LogP contribution in [0.1, 0.15) is 20.3 Å². The average molecular weight is 318 g/mol. The van der Waals surface area contributed by atoms with Gasteiger partial charge in [0, 0.05) is 32.9 Å². The fourth-order valence-corrected chi connectivity index (χ4v) is 2.84. The molecule has 0 aromatic carbocycles. The lowest BCUT2D eigenvalue weighted by molar-refractivity contribution is 0.138. The molecule has 0 amide bonds. The molecule has 0 aliphatic carbocycles. The van der Waals surface area contributed by atoms with E-state index >= 15 is 0 Å². The molecule has 0 spiro atoms. The van der Waals surface area contributed by atoms with Gasteiger partial charge in [0.05, 0.1) is 19.3 Å². The zero-order valence-corrected chi connectivity index (χ0v) is 13.9. The zero-order valence-electron chi connectivity index (χ0n) is 13.1. The summed E-state index contributed by atoms with van der Waals surface area (Å²) >= 11 is 0. The molecule has 0 bridgehead atoms. The summed E-state index contributed by atoms with van der Waals surface area (Å²) in [6.45, 7) is 7.66. The minimum absolute atomic E-state index is 0.219. The first-order chi connectivity index (χ1) is 10.0. The van der Waals surface area contributed by atoms with Gasteiger partial charge < -0.3 is 10.1 Å². The molecular weight excluding hydrogens is 292 g/mol. The molecule has 7 nitrogen and oxygen atoms in total. The fraction of sp³-hybridized carbons (Fsp3) is 0.769. The molecule has 0 radical (unpaired) electrons. The molecular formula is C13H26N4O3S. The van der Waals surface area contributed by atoms with E-state index in [0.29, 0.717) is 26.3 Å². The first kappa shape index (κ1) is 18.1. The van der Waals surface area contributed by atoms with Crippen LogP contribution in [-0.4, -0.2) is 62.4 Å². The van der Waals surface area contributed by atoms with Crippen molar-refractivity contribution in [1.29, 1.82) is 0 Å². The van der Waals surface area contributed by atoms with E-state index < -0.39 is 10.0 Å². The second kappa shape index (κ2) is 9.14. The minimum Gasteiger partial charge on any atom is -0.380 e. The van der Waals surface area contributed by atoms with E-state index in [1.807, 2.05) is 6.92 Å². The summed E-state index contributed by atoms with van der Waals surface area (Å²) in [6.07, 6.45) is 4.04. The number of nitrogens with one attached hydrogen (secondary N) is 1. The van der Waals surface area contributed by atoms with Crippen LogP contribution in [0, 0.1) is 0 Å². The van der Waals surface area contributed by atoms with E-state index in [2.05, 4.69) is 17.3 Å². The number of ether oxygens (including phenoxy) is 1. The number of likely N-dealkylation sites (N-methyl/N-ethyl adjacent to an activating group) is 1. The first-order valence-corrected chi connectivity index (χ1v) is 8.73. The van der Waals surface area contributed by atoms with Gasteiger partial charge in [-0.1, -0.05) is 6.92 Å². The summed E-state index contributed by atoms with van der Waals surface area (Å²) in [5.41, 5.74) is 0. The van der Waals surface area contributed by atoms with Crippen LogP contribution < -0.4 is 5.32 Å². The third kappa shape index (κ3) is 5.74. The van der Waals surface area contributed by atoms with Crippen LogP contribution in [0.3, 0.4) is 0 Å². The summed E-state index contributed by atoms with van der Waals surface area (Å²) in [7, 11) is -1.93. The van der Waals surface area contributed by atoms with Crippen LogP contribution in [0.2, 0.25) is 0 Å². The molecule has 1 N–H and O–H groups in total. The Labute approximate surface area is 127 Å². The second-order valence-electron chi connectivity index (χ2n) is 4.71. The molecule has 1 heterocycles. The van der Waals surface area contributed by atoms with Crippen LogP contribution in [0.25, 0.3) is 0 Å². The molecule has 0 atom stereocenters. The van der Waals surface area contributed by atoms with E-state index in [1.54, 1.807) is 17.9 Å².